The van der Waals surface area contributed by atoms with Crippen molar-refractivity contribution in [3.8, 4) is 0 Å². The van der Waals surface area contributed by atoms with Crippen molar-refractivity contribution in [2.24, 2.45) is 0 Å². The zero-order valence-electron chi connectivity index (χ0n) is 18.3. The van der Waals surface area contributed by atoms with Gasteiger partial charge < -0.3 is 14.7 Å². The van der Waals surface area contributed by atoms with Crippen LogP contribution < -0.4 is 9.80 Å². The highest BCUT2D eigenvalue weighted by Gasteiger charge is 2.38. The van der Waals surface area contributed by atoms with Gasteiger partial charge in [0.2, 0.25) is 0 Å². The molecule has 1 fully saturated rings. The van der Waals surface area contributed by atoms with Crippen molar-refractivity contribution in [1.82, 2.24) is 29.7 Å². The number of pyridine rings is 1. The van der Waals surface area contributed by atoms with E-state index in [1.54, 1.807) is 6.92 Å². The van der Waals surface area contributed by atoms with Crippen molar-refractivity contribution in [1.29, 1.82) is 0 Å². The number of aryl methyl sites for hydroxylation is 1. The van der Waals surface area contributed by atoms with E-state index < -0.39 is 12.0 Å². The molecule has 8 nitrogen and oxygen atoms in total. The number of alkyl halides is 3. The van der Waals surface area contributed by atoms with Crippen LogP contribution in [0.5, 0.6) is 0 Å². The van der Waals surface area contributed by atoms with E-state index in [4.69, 9.17) is 4.98 Å². The summed E-state index contributed by atoms with van der Waals surface area (Å²) >= 11 is 0. The Hall–Kier alpha value is -2.95. The summed E-state index contributed by atoms with van der Waals surface area (Å²) in [4.78, 5) is 11.4. The summed E-state index contributed by atoms with van der Waals surface area (Å²) in [7, 11) is 2.12. The Labute approximate surface area is 183 Å². The van der Waals surface area contributed by atoms with Crippen molar-refractivity contribution in [2.45, 2.75) is 33.0 Å². The molecular formula is C21H25F3N8. The highest BCUT2D eigenvalue weighted by atomic mass is 19.4. The zero-order chi connectivity index (χ0) is 22.6. The van der Waals surface area contributed by atoms with E-state index in [0.717, 1.165) is 53.2 Å². The predicted octanol–water partition coefficient (Wildman–Crippen LogP) is 2.47. The second-order valence-electron chi connectivity index (χ2n) is 8.59. The summed E-state index contributed by atoms with van der Waals surface area (Å²) in [6.07, 6.45) is -1.97. The molecule has 0 atom stereocenters. The van der Waals surface area contributed by atoms with Gasteiger partial charge in [0.05, 0.1) is 11.9 Å². The number of hydrogen-bond acceptors (Lipinski definition) is 7. The summed E-state index contributed by atoms with van der Waals surface area (Å²) < 4.78 is 41.0. The van der Waals surface area contributed by atoms with Gasteiger partial charge >= 0.3 is 6.18 Å². The third-order valence-electron chi connectivity index (χ3n) is 6.52. The minimum absolute atomic E-state index is 0.134. The maximum atomic E-state index is 13.4. The second kappa shape index (κ2) is 7.58. The summed E-state index contributed by atoms with van der Waals surface area (Å²) in [5.41, 5.74) is 4.81. The lowest BCUT2D eigenvalue weighted by Crippen LogP contribution is -2.44. The third-order valence-corrected chi connectivity index (χ3v) is 6.52. The summed E-state index contributed by atoms with van der Waals surface area (Å²) in [5, 5.41) is 11.4. The molecule has 11 heteroatoms. The van der Waals surface area contributed by atoms with Gasteiger partial charge in [-0.05, 0) is 32.5 Å². The fraction of sp³-hybridized carbons (Fsp3) is 0.524. The molecule has 0 N–H and O–H groups in total. The minimum Gasteiger partial charge on any atom is -0.368 e. The summed E-state index contributed by atoms with van der Waals surface area (Å²) in [5.74, 6) is -0.579. The quantitative estimate of drug-likeness (QED) is 0.599. The Balaban J connectivity index is 1.49. The molecule has 0 amide bonds. The monoisotopic (exact) mass is 446 g/mol. The topological polar surface area (TPSA) is 65.7 Å². The first-order valence-corrected chi connectivity index (χ1v) is 10.7. The normalized spacial score (nSPS) is 17.8. The van der Waals surface area contributed by atoms with E-state index >= 15 is 0 Å². The van der Waals surface area contributed by atoms with E-state index in [9.17, 15) is 13.2 Å². The smallest absolute Gasteiger partial charge is 0.368 e. The van der Waals surface area contributed by atoms with Crippen molar-refractivity contribution in [3.05, 3.63) is 40.5 Å². The van der Waals surface area contributed by atoms with Crippen LogP contribution in [0.15, 0.2) is 12.3 Å². The number of likely N-dealkylation sites (N-methyl/N-ethyl adjacent to an activating group) is 1. The molecule has 1 saturated heterocycles. The maximum absolute atomic E-state index is 13.4. The van der Waals surface area contributed by atoms with Gasteiger partial charge in [-0.15, -0.1) is 15.3 Å². The van der Waals surface area contributed by atoms with Gasteiger partial charge in [0, 0.05) is 62.5 Å². The Morgan fingerprint density at radius 2 is 1.69 bits per heavy atom. The first kappa shape index (κ1) is 20.9. The number of nitrogens with zero attached hydrogens (tertiary/aromatic N) is 8. The van der Waals surface area contributed by atoms with Crippen molar-refractivity contribution < 1.29 is 13.2 Å². The molecule has 0 bridgehead atoms. The van der Waals surface area contributed by atoms with Crippen LogP contribution in [-0.2, 0) is 19.1 Å². The van der Waals surface area contributed by atoms with E-state index in [1.807, 2.05) is 18.0 Å². The molecule has 32 heavy (non-hydrogen) atoms. The summed E-state index contributed by atoms with van der Waals surface area (Å²) in [6.45, 7) is 8.72. The van der Waals surface area contributed by atoms with Crippen molar-refractivity contribution >= 4 is 17.2 Å². The molecule has 5 heterocycles. The van der Waals surface area contributed by atoms with E-state index in [1.165, 1.54) is 0 Å². The van der Waals surface area contributed by atoms with Gasteiger partial charge in [-0.25, -0.2) is 0 Å². The zero-order valence-corrected chi connectivity index (χ0v) is 18.3. The van der Waals surface area contributed by atoms with E-state index in [2.05, 4.69) is 38.2 Å². The van der Waals surface area contributed by atoms with Crippen LogP contribution in [0.4, 0.5) is 24.7 Å². The second-order valence-corrected chi connectivity index (χ2v) is 8.59. The highest BCUT2D eigenvalue weighted by molar-refractivity contribution is 5.60. The van der Waals surface area contributed by atoms with Crippen LogP contribution in [0.1, 0.15) is 28.2 Å². The first-order chi connectivity index (χ1) is 15.2. The minimum atomic E-state index is -4.62. The number of anilines is 2. The number of fused-ring (bicyclic) bond motifs is 2. The van der Waals surface area contributed by atoms with Crippen LogP contribution >= 0.6 is 0 Å². The molecule has 170 valence electrons. The van der Waals surface area contributed by atoms with E-state index in [0.29, 0.717) is 30.9 Å². The molecule has 3 aromatic heterocycles. The standard InChI is InChI=1S/C21H25F3N8/c1-13-14(2)19(28-32-18(13)26-27-20(32)21(22,23)24)31-5-4-17-15(12-31)10-16(11-25-17)30-8-6-29(3)7-9-30/h10-11H,4-9,12H2,1-3H3. The maximum Gasteiger partial charge on any atom is 0.453 e. The fourth-order valence-electron chi connectivity index (χ4n) is 4.42. The Morgan fingerprint density at radius 3 is 2.41 bits per heavy atom. The molecule has 0 radical (unpaired) electrons. The van der Waals surface area contributed by atoms with Gasteiger partial charge in [-0.2, -0.15) is 17.7 Å². The fourth-order valence-corrected chi connectivity index (χ4v) is 4.42. The molecule has 0 spiro atoms. The lowest BCUT2D eigenvalue weighted by molar-refractivity contribution is -0.146. The number of aromatic nitrogens is 5. The molecule has 2 aliphatic rings. The van der Waals surface area contributed by atoms with Crippen LogP contribution in [0.2, 0.25) is 0 Å². The van der Waals surface area contributed by atoms with Crippen LogP contribution in [0, 0.1) is 13.8 Å². The SMILES string of the molecule is Cc1c(N2CCc3ncc(N4CCN(C)CC4)cc3C2)nn2c(C(F)(F)F)nnc2c1C. The third kappa shape index (κ3) is 3.54. The van der Waals surface area contributed by atoms with Gasteiger partial charge in [0.1, 0.15) is 0 Å². The van der Waals surface area contributed by atoms with Crippen LogP contribution in [0.3, 0.4) is 0 Å². The number of rotatable bonds is 2. The van der Waals surface area contributed by atoms with E-state index in [-0.39, 0.29) is 5.65 Å². The molecular weight excluding hydrogens is 421 g/mol. The number of piperazine rings is 1. The molecule has 0 unspecified atom stereocenters. The van der Waals surface area contributed by atoms with Gasteiger partial charge in [-0.1, -0.05) is 0 Å². The Kier molecular flexibility index (Phi) is 4.95. The Bertz CT molecular complexity index is 1160. The van der Waals surface area contributed by atoms with Crippen molar-refractivity contribution in [3.63, 3.8) is 0 Å². The van der Waals surface area contributed by atoms with Crippen molar-refractivity contribution in [2.75, 3.05) is 49.6 Å². The molecule has 2 aliphatic heterocycles. The van der Waals surface area contributed by atoms with Gasteiger partial charge in [0.25, 0.3) is 5.82 Å². The van der Waals surface area contributed by atoms with Gasteiger partial charge in [-0.3, -0.25) is 4.98 Å². The molecule has 0 saturated carbocycles. The highest BCUT2D eigenvalue weighted by Crippen LogP contribution is 2.32. The van der Waals surface area contributed by atoms with Gasteiger partial charge in [0.15, 0.2) is 11.5 Å². The molecule has 3 aromatic rings. The molecule has 5 rings (SSSR count). The van der Waals surface area contributed by atoms with Crippen LogP contribution in [-0.4, -0.2) is 69.5 Å². The molecule has 0 aliphatic carbocycles. The number of halogens is 3. The first-order valence-electron chi connectivity index (χ1n) is 10.7. The summed E-state index contributed by atoms with van der Waals surface area (Å²) in [6, 6.07) is 2.17. The van der Waals surface area contributed by atoms with Crippen LogP contribution in [0.25, 0.3) is 5.65 Å². The lowest BCUT2D eigenvalue weighted by Gasteiger charge is -2.35. The largest absolute Gasteiger partial charge is 0.453 e. The molecule has 0 aromatic carbocycles. The average molecular weight is 446 g/mol. The number of hydrogen-bond donors (Lipinski definition) is 0. The predicted molar refractivity (Wildman–Crippen MR) is 114 cm³/mol. The Morgan fingerprint density at radius 1 is 0.938 bits per heavy atom. The average Bonchev–Trinajstić information content (AvgIpc) is 3.21. The lowest BCUT2D eigenvalue weighted by atomic mass is 10.0.